The lowest BCUT2D eigenvalue weighted by Gasteiger charge is -2.37. The van der Waals surface area contributed by atoms with Gasteiger partial charge in [-0.15, -0.1) is 0 Å². The Morgan fingerprint density at radius 3 is 2.62 bits per heavy atom. The molecule has 10 nitrogen and oxygen atoms in total. The summed E-state index contributed by atoms with van der Waals surface area (Å²) in [6, 6.07) is 7.37. The summed E-state index contributed by atoms with van der Waals surface area (Å²) in [5.74, 6) is -3.59. The zero-order valence-electron chi connectivity index (χ0n) is 23.9. The monoisotopic (exact) mass is 643 g/mol. The van der Waals surface area contributed by atoms with E-state index >= 15 is 0 Å². The van der Waals surface area contributed by atoms with Crippen molar-refractivity contribution < 1.29 is 33.8 Å². The van der Waals surface area contributed by atoms with Gasteiger partial charge in [-0.25, -0.2) is 0 Å². The molecule has 4 aliphatic heterocycles. The third-order valence-corrected chi connectivity index (χ3v) is 9.33. The van der Waals surface area contributed by atoms with E-state index in [1.807, 2.05) is 49.4 Å². The number of benzene rings is 1. The van der Waals surface area contributed by atoms with Gasteiger partial charge in [-0.2, -0.15) is 0 Å². The first-order valence-electron chi connectivity index (χ1n) is 14.7. The molecule has 4 aliphatic rings. The quantitative estimate of drug-likeness (QED) is 0.361. The third kappa shape index (κ3) is 5.42. The molecule has 2 saturated heterocycles. The number of halogens is 1. The minimum atomic E-state index is -1.40. The van der Waals surface area contributed by atoms with Crippen LogP contribution in [0.3, 0.4) is 0 Å². The minimum absolute atomic E-state index is 0.0664. The van der Waals surface area contributed by atoms with Gasteiger partial charge in [0.2, 0.25) is 17.7 Å². The Labute approximate surface area is 254 Å². The Hall–Kier alpha value is -3.02. The normalized spacial score (nSPS) is 33.2. The SMILES string of the molecule is CCCCN1C/C=C\CCC(=O)NC[C@@H](c2ccccc2)OC(=O)[C@@H]2[C@H]3O[C@@]4(C=C3Br)[C@H](C1=O)N([C@H](C)CO)C(=O)[C@@H]24. The fourth-order valence-corrected chi connectivity index (χ4v) is 7.26. The van der Waals surface area contributed by atoms with Crippen molar-refractivity contribution in [2.45, 2.75) is 69.4 Å². The Balaban J connectivity index is 1.59. The number of cyclic esters (lactones) is 1. The molecule has 11 heteroatoms. The summed E-state index contributed by atoms with van der Waals surface area (Å²) >= 11 is 3.55. The Morgan fingerprint density at radius 1 is 1.14 bits per heavy atom. The van der Waals surface area contributed by atoms with Crippen molar-refractivity contribution in [3.63, 3.8) is 0 Å². The maximum absolute atomic E-state index is 14.4. The minimum Gasteiger partial charge on any atom is -0.455 e. The van der Waals surface area contributed by atoms with Gasteiger partial charge in [0, 0.05) is 24.0 Å². The predicted octanol–water partition coefficient (Wildman–Crippen LogP) is 2.62. The second-order valence-electron chi connectivity index (χ2n) is 11.4. The second-order valence-corrected chi connectivity index (χ2v) is 12.3. The van der Waals surface area contributed by atoms with Crippen LogP contribution in [0.4, 0.5) is 0 Å². The van der Waals surface area contributed by atoms with Crippen LogP contribution in [-0.2, 0) is 28.7 Å². The van der Waals surface area contributed by atoms with E-state index in [0.29, 0.717) is 29.6 Å². The Kier molecular flexibility index (Phi) is 9.20. The van der Waals surface area contributed by atoms with E-state index in [1.54, 1.807) is 17.9 Å². The fourth-order valence-electron chi connectivity index (χ4n) is 6.52. The molecule has 2 fully saturated rings. The number of ether oxygens (including phenoxy) is 2. The number of nitrogens with one attached hydrogen (secondary N) is 1. The van der Waals surface area contributed by atoms with Gasteiger partial charge >= 0.3 is 5.97 Å². The molecular formula is C31H38BrN3O7. The van der Waals surface area contributed by atoms with Crippen LogP contribution < -0.4 is 5.32 Å². The van der Waals surface area contributed by atoms with Crippen molar-refractivity contribution in [3.05, 3.63) is 58.6 Å². The topological polar surface area (TPSA) is 125 Å². The van der Waals surface area contributed by atoms with Crippen LogP contribution in [0.1, 0.15) is 51.2 Å². The molecule has 3 amide bonds. The Morgan fingerprint density at radius 2 is 1.90 bits per heavy atom. The van der Waals surface area contributed by atoms with Gasteiger partial charge in [0.25, 0.3) is 0 Å². The molecule has 0 unspecified atom stereocenters. The predicted molar refractivity (Wildman–Crippen MR) is 157 cm³/mol. The number of likely N-dealkylation sites (tertiary alicyclic amines) is 1. The summed E-state index contributed by atoms with van der Waals surface area (Å²) in [5, 5.41) is 13.0. The van der Waals surface area contributed by atoms with E-state index in [9.17, 15) is 24.3 Å². The molecule has 7 atom stereocenters. The van der Waals surface area contributed by atoms with Crippen LogP contribution in [-0.4, -0.2) is 88.6 Å². The van der Waals surface area contributed by atoms with Gasteiger partial charge < -0.3 is 29.7 Å². The number of aliphatic hydroxyl groups is 1. The maximum Gasteiger partial charge on any atom is 0.313 e. The number of unbranched alkanes of at least 4 members (excludes halogenated alkanes) is 1. The lowest BCUT2D eigenvalue weighted by molar-refractivity contribution is -0.160. The molecular weight excluding hydrogens is 606 g/mol. The van der Waals surface area contributed by atoms with E-state index in [2.05, 4.69) is 21.2 Å². The van der Waals surface area contributed by atoms with E-state index in [-0.39, 0.29) is 31.4 Å². The highest BCUT2D eigenvalue weighted by Crippen LogP contribution is 2.59. The number of rotatable bonds is 6. The van der Waals surface area contributed by atoms with E-state index < -0.39 is 53.6 Å². The van der Waals surface area contributed by atoms with Crippen LogP contribution in [0.25, 0.3) is 0 Å². The molecule has 0 aromatic heterocycles. The molecule has 0 aliphatic carbocycles. The zero-order chi connectivity index (χ0) is 30.0. The average Bonchev–Trinajstić information content (AvgIpc) is 3.59. The highest BCUT2D eigenvalue weighted by atomic mass is 79.9. The average molecular weight is 645 g/mol. The summed E-state index contributed by atoms with van der Waals surface area (Å²) < 4.78 is 13.1. The van der Waals surface area contributed by atoms with Crippen LogP contribution in [0, 0.1) is 11.8 Å². The number of fused-ring (bicyclic) bond motifs is 2. The maximum atomic E-state index is 14.4. The van der Waals surface area contributed by atoms with Gasteiger partial charge in [0.15, 0.2) is 0 Å². The molecule has 5 rings (SSSR count). The molecule has 226 valence electrons. The number of hydrogen-bond donors (Lipinski definition) is 2. The van der Waals surface area contributed by atoms with Gasteiger partial charge in [0.1, 0.15) is 29.8 Å². The number of aliphatic hydroxyl groups excluding tert-OH is 1. The van der Waals surface area contributed by atoms with Gasteiger partial charge in [-0.1, -0.05) is 71.8 Å². The molecule has 1 aromatic rings. The second kappa shape index (κ2) is 12.7. The Bertz CT molecular complexity index is 1270. The number of allylic oxidation sites excluding steroid dienone is 1. The molecule has 5 bridgehead atoms. The smallest absolute Gasteiger partial charge is 0.313 e. The van der Waals surface area contributed by atoms with Crippen molar-refractivity contribution in [1.82, 2.24) is 15.1 Å². The zero-order valence-corrected chi connectivity index (χ0v) is 25.5. The third-order valence-electron chi connectivity index (χ3n) is 8.65. The van der Waals surface area contributed by atoms with Gasteiger partial charge in [0.05, 0.1) is 25.1 Å². The van der Waals surface area contributed by atoms with E-state index in [0.717, 1.165) is 12.8 Å². The number of carbonyl (C=O) groups excluding carboxylic acids is 4. The van der Waals surface area contributed by atoms with Crippen molar-refractivity contribution in [2.24, 2.45) is 11.8 Å². The van der Waals surface area contributed by atoms with Gasteiger partial charge in [-0.3, -0.25) is 19.2 Å². The van der Waals surface area contributed by atoms with Crippen LogP contribution in [0.5, 0.6) is 0 Å². The van der Waals surface area contributed by atoms with Crippen molar-refractivity contribution in [1.29, 1.82) is 0 Å². The van der Waals surface area contributed by atoms with Crippen LogP contribution in [0.15, 0.2) is 53.0 Å². The lowest BCUT2D eigenvalue weighted by atomic mass is 9.74. The first-order valence-corrected chi connectivity index (χ1v) is 15.5. The molecule has 42 heavy (non-hydrogen) atoms. The molecule has 4 heterocycles. The highest BCUT2D eigenvalue weighted by Gasteiger charge is 2.75. The number of amides is 3. The van der Waals surface area contributed by atoms with Crippen LogP contribution >= 0.6 is 15.9 Å². The lowest BCUT2D eigenvalue weighted by Crippen LogP contribution is -2.58. The van der Waals surface area contributed by atoms with Gasteiger partial charge in [-0.05, 0) is 31.4 Å². The molecule has 2 N–H and O–H groups in total. The first-order chi connectivity index (χ1) is 20.2. The fraction of sp³-hybridized carbons (Fsp3) is 0.548. The summed E-state index contributed by atoms with van der Waals surface area (Å²) in [6.45, 7) is 4.19. The number of carbonyl (C=O) groups is 4. The summed E-state index contributed by atoms with van der Waals surface area (Å²) in [7, 11) is 0. The summed E-state index contributed by atoms with van der Waals surface area (Å²) in [4.78, 5) is 58.3. The van der Waals surface area contributed by atoms with Crippen molar-refractivity contribution in [2.75, 3.05) is 26.2 Å². The number of hydrogen-bond acceptors (Lipinski definition) is 7. The van der Waals surface area contributed by atoms with Crippen LogP contribution in [0.2, 0.25) is 0 Å². The van der Waals surface area contributed by atoms with E-state index in [4.69, 9.17) is 9.47 Å². The molecule has 1 spiro atoms. The largest absolute Gasteiger partial charge is 0.455 e. The van der Waals surface area contributed by atoms with Crippen molar-refractivity contribution >= 4 is 39.6 Å². The summed E-state index contributed by atoms with van der Waals surface area (Å²) in [6.07, 6.45) is 6.24. The summed E-state index contributed by atoms with van der Waals surface area (Å²) in [5.41, 5.74) is -0.700. The number of esters is 1. The van der Waals surface area contributed by atoms with Crippen molar-refractivity contribution in [3.8, 4) is 0 Å². The highest BCUT2D eigenvalue weighted by molar-refractivity contribution is 9.11. The molecule has 0 radical (unpaired) electrons. The molecule has 0 saturated carbocycles. The first kappa shape index (κ1) is 30.4. The molecule has 1 aromatic carbocycles. The number of nitrogens with zero attached hydrogens (tertiary/aromatic N) is 2. The van der Waals surface area contributed by atoms with E-state index in [1.165, 1.54) is 4.90 Å². The standard InChI is InChI=1S/C31H38BrN3O7/c1-3-4-14-34-15-10-6-9-13-23(37)33-17-22(20-11-7-5-8-12-20)41-30(40)24-25-28(38)35(19(2)18-36)27(29(34)39)31(25)16-21(32)26(24)42-31/h5-8,10-12,16,19,22,24-27,36H,3-4,9,13-15,17-18H2,1-2H3,(H,33,37)/b10-6-/t19-,22+,24+,25-,26+,27+,31-/m1/s1.